The van der Waals surface area contributed by atoms with Crippen LogP contribution in [0.2, 0.25) is 0 Å². The van der Waals surface area contributed by atoms with Gasteiger partial charge in [-0.05, 0) is 42.4 Å². The van der Waals surface area contributed by atoms with Crippen LogP contribution in [0.5, 0.6) is 0 Å². The Morgan fingerprint density at radius 1 is 0.816 bits per heavy atom. The van der Waals surface area contributed by atoms with Crippen LogP contribution in [0.1, 0.15) is 5.56 Å². The first-order valence-electron chi connectivity index (χ1n) is 12.1. The van der Waals surface area contributed by atoms with Crippen LogP contribution in [-0.2, 0) is 28.1 Å². The van der Waals surface area contributed by atoms with Gasteiger partial charge in [-0.15, -0.1) is 47.4 Å². The summed E-state index contributed by atoms with van der Waals surface area (Å²) in [4.78, 5) is 13.9. The van der Waals surface area contributed by atoms with Crippen molar-refractivity contribution in [2.75, 3.05) is 0 Å². The van der Waals surface area contributed by atoms with E-state index in [2.05, 4.69) is 60.7 Å². The summed E-state index contributed by atoms with van der Waals surface area (Å²) in [6, 6.07) is 33.6. The Balaban J connectivity index is 0.000000203. The monoisotopic (exact) mass is 672 g/mol. The average Bonchev–Trinajstić information content (AvgIpc) is 3.63. The van der Waals surface area contributed by atoms with Gasteiger partial charge in [-0.2, -0.15) is 0 Å². The SMILES string of the molecule is Cc1cccc2c1[n-]c1c(-c3ccc4oc5ccc[c-]c5c4n3)cccc12.Cn1[c-]nc2ccccc21.[Pt]. The fraction of sp³-hybridized carbons (Fsp3) is 0.0625. The molecule has 0 bridgehead atoms. The normalized spacial score (nSPS) is 11.2. The molecule has 0 radical (unpaired) electrons. The van der Waals surface area contributed by atoms with Crippen LogP contribution < -0.4 is 4.98 Å². The Bertz CT molecular complexity index is 2080. The van der Waals surface area contributed by atoms with E-state index < -0.39 is 0 Å². The van der Waals surface area contributed by atoms with E-state index in [-0.39, 0.29) is 21.1 Å². The third-order valence-electron chi connectivity index (χ3n) is 6.76. The van der Waals surface area contributed by atoms with E-state index in [0.717, 1.165) is 60.8 Å². The molecule has 4 aromatic carbocycles. The van der Waals surface area contributed by atoms with Gasteiger partial charge >= 0.3 is 0 Å². The maximum absolute atomic E-state index is 5.89. The van der Waals surface area contributed by atoms with E-state index in [0.29, 0.717) is 0 Å². The Hall–Kier alpha value is -4.21. The number of imidazole rings is 1. The van der Waals surface area contributed by atoms with Crippen molar-refractivity contribution in [3.05, 3.63) is 109 Å². The van der Waals surface area contributed by atoms with Crippen molar-refractivity contribution in [3.63, 3.8) is 0 Å². The molecule has 4 heterocycles. The molecule has 38 heavy (non-hydrogen) atoms. The number of hydrogen-bond donors (Lipinski definition) is 0. The van der Waals surface area contributed by atoms with Gasteiger partial charge in [-0.1, -0.05) is 70.5 Å². The molecular formula is C32H21N4OPt-3. The van der Waals surface area contributed by atoms with Crippen LogP contribution in [0.25, 0.3) is 66.2 Å². The molecule has 0 saturated carbocycles. The van der Waals surface area contributed by atoms with Crippen molar-refractivity contribution in [1.29, 1.82) is 0 Å². The molecule has 4 aromatic heterocycles. The summed E-state index contributed by atoms with van der Waals surface area (Å²) in [6.45, 7) is 2.10. The largest absolute Gasteiger partial charge is 0.656 e. The van der Waals surface area contributed by atoms with E-state index in [4.69, 9.17) is 14.4 Å². The Kier molecular flexibility index (Phi) is 6.09. The van der Waals surface area contributed by atoms with Crippen LogP contribution in [-0.4, -0.2) is 14.5 Å². The molecule has 5 nitrogen and oxygen atoms in total. The van der Waals surface area contributed by atoms with E-state index in [1.807, 2.05) is 66.2 Å². The zero-order valence-electron chi connectivity index (χ0n) is 20.7. The van der Waals surface area contributed by atoms with E-state index in [1.54, 1.807) is 0 Å². The second-order valence-corrected chi connectivity index (χ2v) is 9.10. The second kappa shape index (κ2) is 9.59. The average molecular weight is 673 g/mol. The number of rotatable bonds is 1. The first-order valence-corrected chi connectivity index (χ1v) is 12.1. The van der Waals surface area contributed by atoms with Crippen LogP contribution in [0.15, 0.2) is 95.4 Å². The van der Waals surface area contributed by atoms with Crippen molar-refractivity contribution in [2.24, 2.45) is 7.05 Å². The van der Waals surface area contributed by atoms with Gasteiger partial charge in [0, 0.05) is 38.5 Å². The molecule has 8 aromatic rings. The van der Waals surface area contributed by atoms with E-state index in [9.17, 15) is 0 Å². The Morgan fingerprint density at radius 2 is 1.63 bits per heavy atom. The Labute approximate surface area is 233 Å². The van der Waals surface area contributed by atoms with Crippen LogP contribution in [0, 0.1) is 19.3 Å². The number of benzene rings is 4. The van der Waals surface area contributed by atoms with Gasteiger partial charge in [-0.3, -0.25) is 4.98 Å². The number of hydrogen-bond acceptors (Lipinski definition) is 3. The number of nitrogens with zero attached hydrogens (tertiary/aromatic N) is 4. The molecule has 0 aliphatic rings. The number of para-hydroxylation sites is 4. The van der Waals surface area contributed by atoms with Crippen molar-refractivity contribution in [1.82, 2.24) is 19.5 Å². The summed E-state index contributed by atoms with van der Waals surface area (Å²) in [5.74, 6) is 0. The zero-order valence-corrected chi connectivity index (χ0v) is 22.9. The summed E-state index contributed by atoms with van der Waals surface area (Å²) in [5.41, 5.74) is 9.73. The second-order valence-electron chi connectivity index (χ2n) is 9.10. The van der Waals surface area contributed by atoms with Crippen LogP contribution in [0.4, 0.5) is 0 Å². The standard InChI is InChI=1S/C24H14N2O.C8H7N2.Pt/c1-14-6-4-8-15-16-9-5-10-17(23(16)26-22(14)15)19-12-13-21-24(25-19)18-7-2-3-11-20(18)27-21;1-10-6-9-7-4-2-3-5-8(7)10;/h2-6,8-13H,1H3;2-5H,1H3;/q-2;-1;. The number of furan rings is 1. The quantitative estimate of drug-likeness (QED) is 0.171. The van der Waals surface area contributed by atoms with Crippen molar-refractivity contribution >= 4 is 54.9 Å². The number of aryl methyl sites for hydroxylation is 2. The predicted octanol–water partition coefficient (Wildman–Crippen LogP) is 7.39. The summed E-state index contributed by atoms with van der Waals surface area (Å²) in [6.07, 6.45) is 2.84. The molecule has 0 aliphatic heterocycles. The number of fused-ring (bicyclic) bond motifs is 7. The number of aromatic nitrogens is 4. The van der Waals surface area contributed by atoms with Crippen molar-refractivity contribution in [3.8, 4) is 11.3 Å². The third kappa shape index (κ3) is 3.91. The summed E-state index contributed by atoms with van der Waals surface area (Å²) >= 11 is 0. The van der Waals surface area contributed by atoms with Gasteiger partial charge in [0.15, 0.2) is 0 Å². The summed E-state index contributed by atoms with van der Waals surface area (Å²) in [5, 5.41) is 3.27. The minimum absolute atomic E-state index is 0. The summed E-state index contributed by atoms with van der Waals surface area (Å²) < 4.78 is 7.77. The molecule has 0 aliphatic carbocycles. The molecule has 0 amide bonds. The van der Waals surface area contributed by atoms with Crippen molar-refractivity contribution in [2.45, 2.75) is 6.92 Å². The molecule has 0 fully saturated rings. The Morgan fingerprint density at radius 3 is 2.50 bits per heavy atom. The van der Waals surface area contributed by atoms with Gasteiger partial charge in [0.25, 0.3) is 0 Å². The minimum atomic E-state index is 0. The maximum Gasteiger partial charge on any atom is 0.0985 e. The molecule has 6 heteroatoms. The van der Waals surface area contributed by atoms with Gasteiger partial charge < -0.3 is 19.0 Å². The smallest absolute Gasteiger partial charge is 0.0985 e. The van der Waals surface area contributed by atoms with Gasteiger partial charge in [0.1, 0.15) is 0 Å². The van der Waals surface area contributed by atoms with Gasteiger partial charge in [0.2, 0.25) is 0 Å². The fourth-order valence-corrected chi connectivity index (χ4v) is 4.92. The van der Waals surface area contributed by atoms with Gasteiger partial charge in [0.05, 0.1) is 11.3 Å². The molecule has 8 rings (SSSR count). The minimum Gasteiger partial charge on any atom is -0.656 e. The molecule has 0 unspecified atom stereocenters. The molecule has 188 valence electrons. The zero-order chi connectivity index (χ0) is 24.9. The van der Waals surface area contributed by atoms with Crippen molar-refractivity contribution < 1.29 is 25.5 Å². The first-order chi connectivity index (χ1) is 18.2. The molecule has 0 saturated heterocycles. The fourth-order valence-electron chi connectivity index (χ4n) is 4.92. The van der Waals surface area contributed by atoms with Crippen LogP contribution >= 0.6 is 0 Å². The topological polar surface area (TPSA) is 58.0 Å². The molecule has 0 atom stereocenters. The molecule has 0 N–H and O–H groups in total. The molecular weight excluding hydrogens is 651 g/mol. The van der Waals surface area contributed by atoms with Gasteiger partial charge in [-0.25, -0.2) is 0 Å². The van der Waals surface area contributed by atoms with E-state index in [1.165, 1.54) is 10.9 Å². The van der Waals surface area contributed by atoms with Crippen LogP contribution in [0.3, 0.4) is 0 Å². The first kappa shape index (κ1) is 24.1. The summed E-state index contributed by atoms with van der Waals surface area (Å²) in [7, 11) is 1.94. The van der Waals surface area contributed by atoms with E-state index >= 15 is 0 Å². The maximum atomic E-state index is 5.89. The third-order valence-corrected chi connectivity index (χ3v) is 6.76. The number of pyridine rings is 1. The molecule has 0 spiro atoms. The predicted molar refractivity (Wildman–Crippen MR) is 148 cm³/mol.